The number of aromatic hydroxyl groups is 1. The lowest BCUT2D eigenvalue weighted by atomic mass is 9.92. The number of phenolic OH excluding ortho intramolecular Hbond substituents is 1. The number of rotatable bonds is 5. The van der Waals surface area contributed by atoms with Crippen molar-refractivity contribution in [2.24, 2.45) is 0 Å². The van der Waals surface area contributed by atoms with E-state index in [1.54, 1.807) is 13.0 Å². The summed E-state index contributed by atoms with van der Waals surface area (Å²) in [7, 11) is 0. The van der Waals surface area contributed by atoms with Gasteiger partial charge in [0.2, 0.25) is 0 Å². The van der Waals surface area contributed by atoms with E-state index < -0.39 is 5.82 Å². The number of nitriles is 1. The molecule has 3 heterocycles. The first-order valence-corrected chi connectivity index (χ1v) is 11.6. The van der Waals surface area contributed by atoms with Crippen LogP contribution in [0.5, 0.6) is 5.75 Å². The van der Waals surface area contributed by atoms with E-state index in [2.05, 4.69) is 25.4 Å². The molecule has 2 N–H and O–H groups in total. The number of aryl methyl sites for hydroxylation is 1. The standard InChI is InChI=1S/C23H23FN6OS/c1-13-26-20(11-25)23(32-13)16-10-21(31)17(9-18(16)24)19-5-6-22(29-28-19)30-8-7-15(12-30)27-14-3-2-4-14/h5-6,9-10,14-15,27,31H,2-4,7-8,12H2,1H3/t15-/m0/s1. The Bertz CT molecular complexity index is 1180. The second kappa shape index (κ2) is 8.45. The topological polar surface area (TPSA) is 98.0 Å². The maximum atomic E-state index is 14.9. The molecule has 2 fully saturated rings. The molecule has 2 aromatic heterocycles. The lowest BCUT2D eigenvalue weighted by Crippen LogP contribution is -2.43. The van der Waals surface area contributed by atoms with Gasteiger partial charge in [0.15, 0.2) is 11.5 Å². The summed E-state index contributed by atoms with van der Waals surface area (Å²) in [5.41, 5.74) is 0.954. The minimum Gasteiger partial charge on any atom is -0.507 e. The fourth-order valence-electron chi connectivity index (χ4n) is 4.28. The fourth-order valence-corrected chi connectivity index (χ4v) is 5.16. The number of benzene rings is 1. The zero-order valence-electron chi connectivity index (χ0n) is 17.7. The second-order valence-corrected chi connectivity index (χ2v) is 9.58. The molecule has 1 aromatic carbocycles. The molecule has 3 aromatic rings. The van der Waals surface area contributed by atoms with Crippen LogP contribution in [0.15, 0.2) is 24.3 Å². The van der Waals surface area contributed by atoms with Gasteiger partial charge in [-0.25, -0.2) is 9.37 Å². The van der Waals surface area contributed by atoms with Gasteiger partial charge >= 0.3 is 0 Å². The van der Waals surface area contributed by atoms with E-state index in [0.29, 0.717) is 27.7 Å². The summed E-state index contributed by atoms with van der Waals surface area (Å²) >= 11 is 1.22. The zero-order chi connectivity index (χ0) is 22.2. The van der Waals surface area contributed by atoms with Crippen molar-refractivity contribution >= 4 is 17.2 Å². The Morgan fingerprint density at radius 3 is 2.72 bits per heavy atom. The molecule has 1 atom stereocenters. The predicted molar refractivity (Wildman–Crippen MR) is 121 cm³/mol. The van der Waals surface area contributed by atoms with Crippen molar-refractivity contribution in [2.75, 3.05) is 18.0 Å². The first kappa shape index (κ1) is 20.8. The molecule has 5 rings (SSSR count). The molecule has 9 heteroatoms. The summed E-state index contributed by atoms with van der Waals surface area (Å²) < 4.78 is 14.9. The molecule has 0 amide bonds. The zero-order valence-corrected chi connectivity index (χ0v) is 18.5. The van der Waals surface area contributed by atoms with Crippen LogP contribution in [0.4, 0.5) is 10.2 Å². The highest BCUT2D eigenvalue weighted by Crippen LogP contribution is 2.38. The number of hydrogen-bond acceptors (Lipinski definition) is 8. The number of halogens is 1. The van der Waals surface area contributed by atoms with E-state index in [4.69, 9.17) is 0 Å². The van der Waals surface area contributed by atoms with Crippen molar-refractivity contribution in [3.8, 4) is 33.5 Å². The number of phenols is 1. The van der Waals surface area contributed by atoms with E-state index in [0.717, 1.165) is 25.3 Å². The Hall–Kier alpha value is -3.09. The molecule has 1 saturated heterocycles. The van der Waals surface area contributed by atoms with Crippen LogP contribution < -0.4 is 10.2 Å². The van der Waals surface area contributed by atoms with Gasteiger partial charge in [0.1, 0.15) is 17.6 Å². The van der Waals surface area contributed by atoms with Crippen molar-refractivity contribution in [3.63, 3.8) is 0 Å². The van der Waals surface area contributed by atoms with E-state index >= 15 is 0 Å². The lowest BCUT2D eigenvalue weighted by molar-refractivity contribution is 0.311. The highest BCUT2D eigenvalue weighted by molar-refractivity contribution is 7.15. The van der Waals surface area contributed by atoms with Gasteiger partial charge in [-0.15, -0.1) is 21.5 Å². The van der Waals surface area contributed by atoms with Crippen LogP contribution in [0.25, 0.3) is 21.7 Å². The average Bonchev–Trinajstić information content (AvgIpc) is 3.38. The van der Waals surface area contributed by atoms with Gasteiger partial charge in [-0.3, -0.25) is 0 Å². The third kappa shape index (κ3) is 3.92. The van der Waals surface area contributed by atoms with Gasteiger partial charge in [0, 0.05) is 36.3 Å². The van der Waals surface area contributed by atoms with Gasteiger partial charge in [-0.05, 0) is 50.5 Å². The summed E-state index contributed by atoms with van der Waals surface area (Å²) in [4.78, 5) is 6.72. The highest BCUT2D eigenvalue weighted by atomic mass is 32.1. The van der Waals surface area contributed by atoms with Crippen molar-refractivity contribution in [3.05, 3.63) is 40.8 Å². The third-order valence-corrected chi connectivity index (χ3v) is 7.19. The third-order valence-electron chi connectivity index (χ3n) is 6.19. The van der Waals surface area contributed by atoms with Crippen LogP contribution in [0.2, 0.25) is 0 Å². The fraction of sp³-hybridized carbons (Fsp3) is 0.391. The van der Waals surface area contributed by atoms with Crippen LogP contribution in [-0.2, 0) is 0 Å². The number of hydrogen-bond donors (Lipinski definition) is 2. The number of anilines is 1. The van der Waals surface area contributed by atoms with Gasteiger partial charge in [-0.2, -0.15) is 5.26 Å². The highest BCUT2D eigenvalue weighted by Gasteiger charge is 2.28. The van der Waals surface area contributed by atoms with Crippen LogP contribution in [0, 0.1) is 24.1 Å². The first-order valence-electron chi connectivity index (χ1n) is 10.8. The molecule has 1 aliphatic carbocycles. The molecule has 0 spiro atoms. The summed E-state index contributed by atoms with van der Waals surface area (Å²) in [6.07, 6.45) is 4.93. The molecular weight excluding hydrogens is 427 g/mol. The van der Waals surface area contributed by atoms with Crippen molar-refractivity contribution in [2.45, 2.75) is 44.7 Å². The molecule has 32 heavy (non-hydrogen) atoms. The van der Waals surface area contributed by atoms with Gasteiger partial charge in [0.25, 0.3) is 0 Å². The van der Waals surface area contributed by atoms with Crippen LogP contribution in [-0.4, -0.2) is 45.5 Å². The lowest BCUT2D eigenvalue weighted by Gasteiger charge is -2.29. The van der Waals surface area contributed by atoms with Gasteiger partial charge in [0.05, 0.1) is 15.6 Å². The van der Waals surface area contributed by atoms with Gasteiger partial charge < -0.3 is 15.3 Å². The molecule has 164 valence electrons. The molecule has 2 aliphatic rings. The normalized spacial score (nSPS) is 18.5. The molecule has 0 bridgehead atoms. The van der Waals surface area contributed by atoms with Crippen molar-refractivity contribution in [1.29, 1.82) is 5.26 Å². The van der Waals surface area contributed by atoms with E-state index in [1.165, 1.54) is 42.7 Å². The minimum absolute atomic E-state index is 0.121. The second-order valence-electron chi connectivity index (χ2n) is 8.37. The van der Waals surface area contributed by atoms with Crippen LogP contribution >= 0.6 is 11.3 Å². The number of nitrogens with zero attached hydrogens (tertiary/aromatic N) is 5. The maximum absolute atomic E-state index is 14.9. The Morgan fingerprint density at radius 1 is 1.19 bits per heavy atom. The number of aromatic nitrogens is 3. The molecule has 1 saturated carbocycles. The van der Waals surface area contributed by atoms with Crippen LogP contribution in [0.1, 0.15) is 36.4 Å². The average molecular weight is 451 g/mol. The minimum atomic E-state index is -0.548. The van der Waals surface area contributed by atoms with Crippen LogP contribution in [0.3, 0.4) is 0 Å². The summed E-state index contributed by atoms with van der Waals surface area (Å²) in [6.45, 7) is 3.57. The van der Waals surface area contributed by atoms with Crippen molar-refractivity contribution < 1.29 is 9.50 Å². The largest absolute Gasteiger partial charge is 0.507 e. The molecule has 1 aliphatic heterocycles. The predicted octanol–water partition coefficient (Wildman–Crippen LogP) is 4.01. The summed E-state index contributed by atoms with van der Waals surface area (Å²) in [6, 6.07) is 9.28. The van der Waals surface area contributed by atoms with Gasteiger partial charge in [-0.1, -0.05) is 6.42 Å². The maximum Gasteiger partial charge on any atom is 0.159 e. The Morgan fingerprint density at radius 2 is 2.03 bits per heavy atom. The Balaban J connectivity index is 1.35. The smallest absolute Gasteiger partial charge is 0.159 e. The number of nitrogens with one attached hydrogen (secondary N) is 1. The quantitative estimate of drug-likeness (QED) is 0.606. The molecule has 0 radical (unpaired) electrons. The number of thiazole rings is 1. The van der Waals surface area contributed by atoms with E-state index in [-0.39, 0.29) is 22.6 Å². The molecule has 0 unspecified atom stereocenters. The molecular formula is C23H23FN6OS. The van der Waals surface area contributed by atoms with Crippen molar-refractivity contribution in [1.82, 2.24) is 20.5 Å². The monoisotopic (exact) mass is 450 g/mol. The summed E-state index contributed by atoms with van der Waals surface area (Å²) in [5.74, 6) is 0.111. The SMILES string of the molecule is Cc1nc(C#N)c(-c2cc(O)c(-c3ccc(N4CC[C@H](NC5CCC5)C4)nn3)cc2F)s1. The van der Waals surface area contributed by atoms with E-state index in [1.807, 2.05) is 12.1 Å². The Kier molecular flexibility index (Phi) is 5.49. The summed E-state index contributed by atoms with van der Waals surface area (Å²) in [5, 5.41) is 32.8. The van der Waals surface area contributed by atoms with E-state index in [9.17, 15) is 14.8 Å². The molecule has 7 nitrogen and oxygen atoms in total. The Labute approximate surface area is 189 Å². The first-order chi connectivity index (χ1) is 15.5.